The Morgan fingerprint density at radius 3 is 1.89 bits per heavy atom. The normalized spacial score (nSPS) is 10.6. The van der Waals surface area contributed by atoms with Crippen molar-refractivity contribution in [2.45, 2.75) is 40.0 Å². The molecule has 0 heteroatoms. The van der Waals surface area contributed by atoms with Crippen LogP contribution in [0.3, 0.4) is 0 Å². The minimum Gasteiger partial charge on any atom is -0.0617 e. The first kappa shape index (κ1) is 12.9. The van der Waals surface area contributed by atoms with Crippen molar-refractivity contribution in [3.8, 4) is 11.1 Å². The zero-order valence-electron chi connectivity index (χ0n) is 11.7. The van der Waals surface area contributed by atoms with Gasteiger partial charge in [-0.05, 0) is 47.1 Å². The lowest BCUT2D eigenvalue weighted by atomic mass is 9.91. The van der Waals surface area contributed by atoms with Crippen molar-refractivity contribution in [1.29, 1.82) is 0 Å². The Morgan fingerprint density at radius 1 is 0.722 bits per heavy atom. The minimum absolute atomic E-state index is 1.10. The summed E-state index contributed by atoms with van der Waals surface area (Å²) in [5, 5.41) is 0. The van der Waals surface area contributed by atoms with E-state index in [0.29, 0.717) is 0 Å². The maximum atomic E-state index is 2.34. The van der Waals surface area contributed by atoms with Crippen LogP contribution in [0.25, 0.3) is 11.1 Å². The molecule has 0 aliphatic carbocycles. The second kappa shape index (κ2) is 5.86. The standard InChI is InChI=1S/C18H22/c1-4-14-9-7-12-17(13-14)18-15(5-2)10-8-11-16(18)6-3/h7-13H,4-6H2,1-3H3. The summed E-state index contributed by atoms with van der Waals surface area (Å²) in [6.45, 7) is 6.69. The van der Waals surface area contributed by atoms with Crippen LogP contribution in [-0.2, 0) is 19.3 Å². The summed E-state index contributed by atoms with van der Waals surface area (Å²) in [5.41, 5.74) is 7.17. The van der Waals surface area contributed by atoms with Gasteiger partial charge in [-0.3, -0.25) is 0 Å². The van der Waals surface area contributed by atoms with Crippen molar-refractivity contribution < 1.29 is 0 Å². The molecule has 0 fully saturated rings. The molecule has 0 aliphatic heterocycles. The third kappa shape index (κ3) is 2.48. The van der Waals surface area contributed by atoms with E-state index in [9.17, 15) is 0 Å². The molecular weight excluding hydrogens is 216 g/mol. The summed E-state index contributed by atoms with van der Waals surface area (Å²) in [7, 11) is 0. The Kier molecular flexibility index (Phi) is 4.19. The molecule has 0 aromatic heterocycles. The van der Waals surface area contributed by atoms with Crippen molar-refractivity contribution in [3.05, 3.63) is 59.2 Å². The predicted molar refractivity (Wildman–Crippen MR) is 80.0 cm³/mol. The zero-order valence-corrected chi connectivity index (χ0v) is 11.7. The minimum atomic E-state index is 1.10. The van der Waals surface area contributed by atoms with Crippen molar-refractivity contribution in [2.75, 3.05) is 0 Å². The number of rotatable bonds is 4. The van der Waals surface area contributed by atoms with Crippen LogP contribution in [0.4, 0.5) is 0 Å². The van der Waals surface area contributed by atoms with Gasteiger partial charge in [-0.15, -0.1) is 0 Å². The Morgan fingerprint density at radius 2 is 1.33 bits per heavy atom. The number of hydrogen-bond acceptors (Lipinski definition) is 0. The summed E-state index contributed by atoms with van der Waals surface area (Å²) in [6, 6.07) is 15.7. The van der Waals surface area contributed by atoms with Crippen LogP contribution in [0, 0.1) is 0 Å². The van der Waals surface area contributed by atoms with Crippen molar-refractivity contribution in [2.24, 2.45) is 0 Å². The van der Waals surface area contributed by atoms with Gasteiger partial charge in [-0.1, -0.05) is 63.2 Å². The Balaban J connectivity index is 2.60. The monoisotopic (exact) mass is 238 g/mol. The number of hydrogen-bond donors (Lipinski definition) is 0. The molecule has 0 saturated heterocycles. The van der Waals surface area contributed by atoms with E-state index in [0.717, 1.165) is 19.3 Å². The lowest BCUT2D eigenvalue weighted by Gasteiger charge is -2.14. The quantitative estimate of drug-likeness (QED) is 0.700. The summed E-state index contributed by atoms with van der Waals surface area (Å²) in [5.74, 6) is 0. The van der Waals surface area contributed by atoms with Gasteiger partial charge in [0.05, 0.1) is 0 Å². The molecule has 18 heavy (non-hydrogen) atoms. The van der Waals surface area contributed by atoms with Crippen LogP contribution in [0.2, 0.25) is 0 Å². The van der Waals surface area contributed by atoms with E-state index in [1.807, 2.05) is 0 Å². The average Bonchev–Trinajstić information content (AvgIpc) is 2.46. The Hall–Kier alpha value is -1.56. The van der Waals surface area contributed by atoms with Crippen LogP contribution < -0.4 is 0 Å². The molecule has 0 radical (unpaired) electrons. The molecule has 94 valence electrons. The van der Waals surface area contributed by atoms with Gasteiger partial charge in [0.25, 0.3) is 0 Å². The van der Waals surface area contributed by atoms with E-state index in [-0.39, 0.29) is 0 Å². The van der Waals surface area contributed by atoms with E-state index in [1.54, 1.807) is 0 Å². The second-order valence-electron chi connectivity index (χ2n) is 4.71. The summed E-state index contributed by atoms with van der Waals surface area (Å²) in [4.78, 5) is 0. The van der Waals surface area contributed by atoms with E-state index in [1.165, 1.54) is 27.8 Å². The van der Waals surface area contributed by atoms with Crippen molar-refractivity contribution >= 4 is 0 Å². The lowest BCUT2D eigenvalue weighted by Crippen LogP contribution is -1.94. The van der Waals surface area contributed by atoms with E-state index >= 15 is 0 Å². The van der Waals surface area contributed by atoms with Gasteiger partial charge >= 0.3 is 0 Å². The molecule has 2 aromatic rings. The fourth-order valence-electron chi connectivity index (χ4n) is 2.56. The molecule has 2 aromatic carbocycles. The van der Waals surface area contributed by atoms with Crippen LogP contribution >= 0.6 is 0 Å². The average molecular weight is 238 g/mol. The second-order valence-corrected chi connectivity index (χ2v) is 4.71. The van der Waals surface area contributed by atoms with Crippen molar-refractivity contribution in [1.82, 2.24) is 0 Å². The van der Waals surface area contributed by atoms with Crippen LogP contribution in [0.5, 0.6) is 0 Å². The van der Waals surface area contributed by atoms with Gasteiger partial charge in [0, 0.05) is 0 Å². The topological polar surface area (TPSA) is 0 Å². The van der Waals surface area contributed by atoms with Gasteiger partial charge in [0.1, 0.15) is 0 Å². The van der Waals surface area contributed by atoms with Gasteiger partial charge in [-0.2, -0.15) is 0 Å². The van der Waals surface area contributed by atoms with Crippen LogP contribution in [0.1, 0.15) is 37.5 Å². The van der Waals surface area contributed by atoms with Gasteiger partial charge in [-0.25, -0.2) is 0 Å². The Labute approximate surface area is 111 Å². The molecule has 0 unspecified atom stereocenters. The van der Waals surface area contributed by atoms with Gasteiger partial charge in [0.15, 0.2) is 0 Å². The molecule has 0 amide bonds. The number of benzene rings is 2. The molecule has 2 rings (SSSR count). The lowest BCUT2D eigenvalue weighted by molar-refractivity contribution is 1.09. The fourth-order valence-corrected chi connectivity index (χ4v) is 2.56. The van der Waals surface area contributed by atoms with Gasteiger partial charge in [0.2, 0.25) is 0 Å². The first-order valence-corrected chi connectivity index (χ1v) is 7.00. The zero-order chi connectivity index (χ0) is 13.0. The molecule has 0 N–H and O–H groups in total. The summed E-state index contributed by atoms with van der Waals surface area (Å²) < 4.78 is 0. The first-order valence-electron chi connectivity index (χ1n) is 7.00. The molecule has 0 atom stereocenters. The SMILES string of the molecule is CCc1cccc(-c2c(CC)cccc2CC)c1. The molecule has 0 saturated carbocycles. The largest absolute Gasteiger partial charge is 0.0617 e. The predicted octanol–water partition coefficient (Wildman–Crippen LogP) is 5.04. The molecule has 0 bridgehead atoms. The van der Waals surface area contributed by atoms with E-state index < -0.39 is 0 Å². The number of aryl methyl sites for hydroxylation is 3. The highest BCUT2D eigenvalue weighted by molar-refractivity contribution is 5.71. The fraction of sp³-hybridized carbons (Fsp3) is 0.333. The van der Waals surface area contributed by atoms with Crippen molar-refractivity contribution in [3.63, 3.8) is 0 Å². The van der Waals surface area contributed by atoms with Crippen LogP contribution in [-0.4, -0.2) is 0 Å². The highest BCUT2D eigenvalue weighted by Gasteiger charge is 2.08. The molecule has 0 nitrogen and oxygen atoms in total. The summed E-state index contributed by atoms with van der Waals surface area (Å²) >= 11 is 0. The molecule has 0 spiro atoms. The smallest absolute Gasteiger partial charge is 0.0120 e. The Bertz CT molecular complexity index is 501. The maximum absolute atomic E-state index is 2.34. The third-order valence-corrected chi connectivity index (χ3v) is 3.62. The van der Waals surface area contributed by atoms with Gasteiger partial charge < -0.3 is 0 Å². The molecule has 0 aliphatic rings. The highest BCUT2D eigenvalue weighted by atomic mass is 14.1. The van der Waals surface area contributed by atoms with Crippen LogP contribution in [0.15, 0.2) is 42.5 Å². The molecule has 0 heterocycles. The third-order valence-electron chi connectivity index (χ3n) is 3.62. The highest BCUT2D eigenvalue weighted by Crippen LogP contribution is 2.29. The van der Waals surface area contributed by atoms with E-state index in [4.69, 9.17) is 0 Å². The maximum Gasteiger partial charge on any atom is -0.0120 e. The molecular formula is C18H22. The summed E-state index contributed by atoms with van der Waals surface area (Å²) in [6.07, 6.45) is 3.29. The first-order chi connectivity index (χ1) is 8.80. The van der Waals surface area contributed by atoms with E-state index in [2.05, 4.69) is 63.2 Å².